The average molecular weight is 315 g/mol. The van der Waals surface area contributed by atoms with Crippen LogP contribution in [0, 0.1) is 24.2 Å². The van der Waals surface area contributed by atoms with E-state index in [1.165, 1.54) is 0 Å². The van der Waals surface area contributed by atoms with Gasteiger partial charge in [-0.15, -0.1) is 0 Å². The Labute approximate surface area is 141 Å². The second kappa shape index (κ2) is 6.97. The fourth-order valence-corrected chi connectivity index (χ4v) is 2.50. The predicted octanol–water partition coefficient (Wildman–Crippen LogP) is 4.70. The zero-order valence-electron chi connectivity index (χ0n) is 13.4. The van der Waals surface area contributed by atoms with Crippen molar-refractivity contribution < 1.29 is 9.53 Å². The number of nitriles is 1. The summed E-state index contributed by atoms with van der Waals surface area (Å²) in [6.07, 6.45) is 6.67. The van der Waals surface area contributed by atoms with Crippen LogP contribution in [0.3, 0.4) is 0 Å². The van der Waals surface area contributed by atoms with Gasteiger partial charge in [0.2, 0.25) is 0 Å². The number of rotatable bonds is 3. The molecule has 0 saturated heterocycles. The fraction of sp³-hybridized carbons (Fsp3) is 0.143. The van der Waals surface area contributed by atoms with Gasteiger partial charge in [-0.2, -0.15) is 5.26 Å². The minimum Gasteiger partial charge on any atom is -0.423 e. The molecule has 0 bridgehead atoms. The molecule has 3 nitrogen and oxygen atoms in total. The first-order valence-corrected chi connectivity index (χ1v) is 7.83. The SMILES string of the molecule is Cc1ccc(C(=O)Oc2ccc(C3=CCC(C#N)C=C3)cc2)cc1. The van der Waals surface area contributed by atoms with Crippen molar-refractivity contribution in [1.82, 2.24) is 0 Å². The molecule has 0 aliphatic heterocycles. The molecule has 0 aromatic heterocycles. The van der Waals surface area contributed by atoms with Gasteiger partial charge in [0.05, 0.1) is 17.6 Å². The molecular weight excluding hydrogens is 298 g/mol. The van der Waals surface area contributed by atoms with E-state index >= 15 is 0 Å². The third kappa shape index (κ3) is 3.61. The van der Waals surface area contributed by atoms with Gasteiger partial charge in [0.1, 0.15) is 5.75 Å². The van der Waals surface area contributed by atoms with Gasteiger partial charge in [0, 0.05) is 0 Å². The lowest BCUT2D eigenvalue weighted by atomic mass is 9.94. The zero-order chi connectivity index (χ0) is 16.9. The van der Waals surface area contributed by atoms with Crippen LogP contribution in [0.4, 0.5) is 0 Å². The molecule has 0 amide bonds. The summed E-state index contributed by atoms with van der Waals surface area (Å²) in [7, 11) is 0. The molecule has 1 aliphatic rings. The van der Waals surface area contributed by atoms with Gasteiger partial charge in [-0.05, 0) is 48.7 Å². The van der Waals surface area contributed by atoms with E-state index in [4.69, 9.17) is 10.00 Å². The van der Waals surface area contributed by atoms with Crippen LogP contribution in [-0.4, -0.2) is 5.97 Å². The van der Waals surface area contributed by atoms with E-state index < -0.39 is 0 Å². The molecule has 1 aliphatic carbocycles. The van der Waals surface area contributed by atoms with Crippen molar-refractivity contribution in [3.63, 3.8) is 0 Å². The van der Waals surface area contributed by atoms with Gasteiger partial charge >= 0.3 is 5.97 Å². The Morgan fingerprint density at radius 1 is 1.12 bits per heavy atom. The highest BCUT2D eigenvalue weighted by molar-refractivity contribution is 5.91. The smallest absolute Gasteiger partial charge is 0.343 e. The molecule has 2 aromatic rings. The van der Waals surface area contributed by atoms with Crippen LogP contribution in [0.2, 0.25) is 0 Å². The van der Waals surface area contributed by atoms with E-state index in [9.17, 15) is 4.79 Å². The monoisotopic (exact) mass is 315 g/mol. The largest absolute Gasteiger partial charge is 0.423 e. The number of carbonyl (C=O) groups excluding carboxylic acids is 1. The summed E-state index contributed by atoms with van der Waals surface area (Å²) in [5, 5.41) is 8.90. The Morgan fingerprint density at radius 3 is 2.42 bits per heavy atom. The van der Waals surface area contributed by atoms with Gasteiger partial charge in [0.15, 0.2) is 0 Å². The molecule has 118 valence electrons. The third-order valence-corrected chi connectivity index (χ3v) is 3.95. The highest BCUT2D eigenvalue weighted by atomic mass is 16.5. The standard InChI is InChI=1S/C21H17NO2/c1-15-2-6-19(7-3-15)21(23)24-20-12-10-18(11-13-20)17-8-4-16(14-22)5-9-17/h2-4,6-13,16H,5H2,1H3. The molecule has 0 radical (unpaired) electrons. The Hall–Kier alpha value is -3.12. The van der Waals surface area contributed by atoms with Crippen LogP contribution in [0.1, 0.15) is 27.9 Å². The van der Waals surface area contributed by atoms with Crippen LogP contribution < -0.4 is 4.74 Å². The zero-order valence-corrected chi connectivity index (χ0v) is 13.4. The van der Waals surface area contributed by atoms with Crippen LogP contribution in [0.15, 0.2) is 66.8 Å². The van der Waals surface area contributed by atoms with E-state index in [2.05, 4.69) is 12.1 Å². The predicted molar refractivity (Wildman–Crippen MR) is 93.4 cm³/mol. The molecule has 1 atom stereocenters. The highest BCUT2D eigenvalue weighted by Crippen LogP contribution is 2.25. The number of aryl methyl sites for hydroxylation is 1. The fourth-order valence-electron chi connectivity index (χ4n) is 2.50. The molecule has 3 rings (SSSR count). The first kappa shape index (κ1) is 15.8. The summed E-state index contributed by atoms with van der Waals surface area (Å²) in [5.74, 6) is 0.111. The summed E-state index contributed by atoms with van der Waals surface area (Å²) >= 11 is 0. The lowest BCUT2D eigenvalue weighted by molar-refractivity contribution is 0.0735. The Morgan fingerprint density at radius 2 is 1.83 bits per heavy atom. The Kier molecular flexibility index (Phi) is 4.58. The van der Waals surface area contributed by atoms with Gasteiger partial charge < -0.3 is 4.74 Å². The number of allylic oxidation sites excluding steroid dienone is 4. The summed E-state index contributed by atoms with van der Waals surface area (Å²) in [5.41, 5.74) is 3.75. The summed E-state index contributed by atoms with van der Waals surface area (Å²) < 4.78 is 5.40. The Bertz CT molecular complexity index is 837. The first-order chi connectivity index (χ1) is 11.7. The normalized spacial score (nSPS) is 16.2. The molecule has 0 fully saturated rings. The van der Waals surface area contributed by atoms with E-state index in [1.807, 2.05) is 43.3 Å². The molecular formula is C21H17NO2. The minimum absolute atomic E-state index is 0.0384. The lowest BCUT2D eigenvalue weighted by Gasteiger charge is -2.11. The van der Waals surface area contributed by atoms with Crippen molar-refractivity contribution in [2.75, 3.05) is 0 Å². The van der Waals surface area contributed by atoms with Crippen LogP contribution >= 0.6 is 0 Å². The maximum Gasteiger partial charge on any atom is 0.343 e. The average Bonchev–Trinajstić information content (AvgIpc) is 2.63. The van der Waals surface area contributed by atoms with Crippen LogP contribution in [0.5, 0.6) is 5.75 Å². The van der Waals surface area contributed by atoms with Gasteiger partial charge in [-0.1, -0.05) is 48.1 Å². The number of benzene rings is 2. The molecule has 1 unspecified atom stereocenters. The third-order valence-electron chi connectivity index (χ3n) is 3.95. The lowest BCUT2D eigenvalue weighted by Crippen LogP contribution is -2.08. The van der Waals surface area contributed by atoms with Gasteiger partial charge in [-0.25, -0.2) is 4.79 Å². The maximum atomic E-state index is 12.1. The molecule has 2 aromatic carbocycles. The molecule has 0 heterocycles. The van der Waals surface area contributed by atoms with E-state index in [0.29, 0.717) is 11.3 Å². The molecule has 0 saturated carbocycles. The van der Waals surface area contributed by atoms with Gasteiger partial charge in [0.25, 0.3) is 0 Å². The Balaban J connectivity index is 1.68. The number of hydrogen-bond donors (Lipinski definition) is 0. The second-order valence-corrected chi connectivity index (χ2v) is 5.77. The second-order valence-electron chi connectivity index (χ2n) is 5.77. The summed E-state index contributed by atoms with van der Waals surface area (Å²) in [6, 6.07) is 16.9. The highest BCUT2D eigenvalue weighted by Gasteiger charge is 2.10. The molecule has 3 heteroatoms. The topological polar surface area (TPSA) is 50.1 Å². The molecule has 0 N–H and O–H groups in total. The minimum atomic E-state index is -0.364. The van der Waals surface area contributed by atoms with E-state index in [0.717, 1.165) is 23.1 Å². The van der Waals surface area contributed by atoms with Crippen LogP contribution in [0.25, 0.3) is 5.57 Å². The molecule has 24 heavy (non-hydrogen) atoms. The van der Waals surface area contributed by atoms with Crippen molar-refractivity contribution in [3.8, 4) is 11.8 Å². The van der Waals surface area contributed by atoms with Crippen molar-refractivity contribution in [3.05, 3.63) is 83.4 Å². The van der Waals surface area contributed by atoms with Crippen molar-refractivity contribution >= 4 is 11.5 Å². The number of ether oxygens (including phenoxy) is 1. The quantitative estimate of drug-likeness (QED) is 0.609. The number of nitrogens with zero attached hydrogens (tertiary/aromatic N) is 1. The van der Waals surface area contributed by atoms with E-state index in [-0.39, 0.29) is 11.9 Å². The van der Waals surface area contributed by atoms with Crippen molar-refractivity contribution in [1.29, 1.82) is 5.26 Å². The summed E-state index contributed by atoms with van der Waals surface area (Å²) in [6.45, 7) is 1.97. The van der Waals surface area contributed by atoms with Crippen LogP contribution in [-0.2, 0) is 0 Å². The number of carbonyl (C=O) groups is 1. The van der Waals surface area contributed by atoms with Crippen molar-refractivity contribution in [2.45, 2.75) is 13.3 Å². The first-order valence-electron chi connectivity index (χ1n) is 7.83. The van der Waals surface area contributed by atoms with E-state index in [1.54, 1.807) is 24.3 Å². The summed E-state index contributed by atoms with van der Waals surface area (Å²) in [4.78, 5) is 12.1. The molecule has 0 spiro atoms. The van der Waals surface area contributed by atoms with Gasteiger partial charge in [-0.3, -0.25) is 0 Å². The maximum absolute atomic E-state index is 12.1. The number of esters is 1. The van der Waals surface area contributed by atoms with Crippen molar-refractivity contribution in [2.24, 2.45) is 5.92 Å². The number of hydrogen-bond acceptors (Lipinski definition) is 3.